The van der Waals surface area contributed by atoms with Gasteiger partial charge in [-0.3, -0.25) is 4.79 Å². The van der Waals surface area contributed by atoms with Gasteiger partial charge in [0.2, 0.25) is 0 Å². The Morgan fingerprint density at radius 1 is 1.28 bits per heavy atom. The van der Waals surface area contributed by atoms with Crippen LogP contribution in [-0.4, -0.2) is 30.3 Å². The number of halogens is 2. The first-order valence-corrected chi connectivity index (χ1v) is 6.71. The van der Waals surface area contributed by atoms with Gasteiger partial charge in [0.05, 0.1) is 5.02 Å². The Hall–Kier alpha value is -0.930. The molecule has 1 saturated heterocycles. The van der Waals surface area contributed by atoms with E-state index in [1.807, 2.05) is 0 Å². The Morgan fingerprint density at radius 3 is 2.67 bits per heavy atom. The van der Waals surface area contributed by atoms with Gasteiger partial charge in [-0.05, 0) is 37.1 Å². The van der Waals surface area contributed by atoms with Crippen molar-refractivity contribution in [3.63, 3.8) is 0 Å². The Morgan fingerprint density at radius 2 is 2.00 bits per heavy atom. The molecule has 0 amide bonds. The van der Waals surface area contributed by atoms with Crippen LogP contribution in [0.3, 0.4) is 0 Å². The van der Waals surface area contributed by atoms with Gasteiger partial charge < -0.3 is 4.90 Å². The summed E-state index contributed by atoms with van der Waals surface area (Å²) in [7, 11) is 0. The largest absolute Gasteiger partial charge is 0.302 e. The van der Waals surface area contributed by atoms with Crippen LogP contribution in [0.25, 0.3) is 0 Å². The van der Waals surface area contributed by atoms with E-state index >= 15 is 0 Å². The number of hydrogen-bond acceptors (Lipinski definition) is 2. The van der Waals surface area contributed by atoms with E-state index in [9.17, 15) is 9.18 Å². The zero-order valence-electron chi connectivity index (χ0n) is 10.3. The molecule has 1 aliphatic heterocycles. The Labute approximate surface area is 112 Å². The zero-order valence-corrected chi connectivity index (χ0v) is 11.0. The maximum atomic E-state index is 13.0. The molecule has 0 radical (unpaired) electrons. The van der Waals surface area contributed by atoms with Gasteiger partial charge in [-0.25, -0.2) is 4.39 Å². The van der Waals surface area contributed by atoms with Gasteiger partial charge >= 0.3 is 0 Å². The van der Waals surface area contributed by atoms with Crippen LogP contribution in [0.1, 0.15) is 24.8 Å². The molecule has 1 heterocycles. The third-order valence-electron chi connectivity index (χ3n) is 3.34. The molecule has 0 aromatic heterocycles. The van der Waals surface area contributed by atoms with Crippen molar-refractivity contribution in [3.8, 4) is 0 Å². The van der Waals surface area contributed by atoms with Crippen LogP contribution in [0.15, 0.2) is 18.2 Å². The normalized spacial score (nSPS) is 17.1. The third kappa shape index (κ3) is 3.79. The lowest BCUT2D eigenvalue weighted by atomic mass is 10.1. The molecular formula is C14H17ClFNO. The summed E-state index contributed by atoms with van der Waals surface area (Å²) >= 11 is 5.73. The zero-order chi connectivity index (χ0) is 13.0. The van der Waals surface area contributed by atoms with Crippen molar-refractivity contribution in [3.05, 3.63) is 34.6 Å². The average Bonchev–Trinajstić information content (AvgIpc) is 2.36. The second kappa shape index (κ2) is 6.30. The lowest BCUT2D eigenvalue weighted by molar-refractivity contribution is -0.121. The molecule has 1 aliphatic rings. The summed E-state index contributed by atoms with van der Waals surface area (Å²) in [4.78, 5) is 13.4. The summed E-state index contributed by atoms with van der Waals surface area (Å²) in [6.45, 7) is 2.74. The van der Waals surface area contributed by atoms with Crippen LogP contribution in [0.5, 0.6) is 0 Å². The van der Waals surface area contributed by atoms with Gasteiger partial charge in [0.1, 0.15) is 11.6 Å². The molecule has 0 atom stereocenters. The van der Waals surface area contributed by atoms with Crippen molar-refractivity contribution in [2.45, 2.75) is 25.7 Å². The predicted octanol–water partition coefficient (Wildman–Crippen LogP) is 3.08. The molecule has 98 valence electrons. The number of ketones is 1. The number of rotatable bonds is 4. The summed E-state index contributed by atoms with van der Waals surface area (Å²) in [5.41, 5.74) is 1.06. The summed E-state index contributed by atoms with van der Waals surface area (Å²) in [5.74, 6) is 0.00604. The van der Waals surface area contributed by atoms with Crippen LogP contribution >= 0.6 is 11.6 Å². The van der Waals surface area contributed by atoms with Crippen molar-refractivity contribution in [2.75, 3.05) is 19.6 Å². The quantitative estimate of drug-likeness (QED) is 0.837. The smallest absolute Gasteiger partial charge is 0.141 e. The lowest BCUT2D eigenvalue weighted by Gasteiger charge is -2.25. The van der Waals surface area contributed by atoms with E-state index in [4.69, 9.17) is 11.6 Å². The Bertz CT molecular complexity index is 426. The summed E-state index contributed by atoms with van der Waals surface area (Å²) in [6.07, 6.45) is 3.27. The lowest BCUT2D eigenvalue weighted by Crippen LogP contribution is -2.34. The molecule has 1 aromatic carbocycles. The van der Waals surface area contributed by atoms with Crippen LogP contribution in [0.2, 0.25) is 5.02 Å². The fourth-order valence-electron chi connectivity index (χ4n) is 2.23. The first-order chi connectivity index (χ1) is 8.65. The molecular weight excluding hydrogens is 253 g/mol. The van der Waals surface area contributed by atoms with E-state index in [0.29, 0.717) is 18.6 Å². The van der Waals surface area contributed by atoms with Gasteiger partial charge in [-0.1, -0.05) is 17.7 Å². The van der Waals surface area contributed by atoms with E-state index in [0.717, 1.165) is 38.0 Å². The number of nitrogens with zero attached hydrogens (tertiary/aromatic N) is 1. The van der Waals surface area contributed by atoms with Crippen LogP contribution in [-0.2, 0) is 11.2 Å². The number of benzene rings is 1. The highest BCUT2D eigenvalue weighted by Gasteiger charge is 2.15. The molecule has 0 spiro atoms. The van der Waals surface area contributed by atoms with E-state index < -0.39 is 0 Å². The summed E-state index contributed by atoms with van der Waals surface area (Å²) in [5, 5.41) is 0.191. The molecule has 18 heavy (non-hydrogen) atoms. The summed E-state index contributed by atoms with van der Waals surface area (Å²) in [6, 6.07) is 4.88. The first-order valence-electron chi connectivity index (χ1n) is 6.33. The van der Waals surface area contributed by atoms with Gasteiger partial charge in [-0.15, -0.1) is 0 Å². The molecule has 0 N–H and O–H groups in total. The van der Waals surface area contributed by atoms with Crippen molar-refractivity contribution in [1.29, 1.82) is 0 Å². The van der Waals surface area contributed by atoms with Gasteiger partial charge in [0.15, 0.2) is 0 Å². The van der Waals surface area contributed by atoms with Crippen LogP contribution in [0, 0.1) is 5.82 Å². The van der Waals surface area contributed by atoms with Crippen molar-refractivity contribution < 1.29 is 9.18 Å². The highest BCUT2D eigenvalue weighted by atomic mass is 35.5. The fourth-order valence-corrected chi connectivity index (χ4v) is 2.43. The predicted molar refractivity (Wildman–Crippen MR) is 70.4 cm³/mol. The molecule has 2 rings (SSSR count). The second-order valence-electron chi connectivity index (χ2n) is 4.73. The fraction of sp³-hybridized carbons (Fsp3) is 0.500. The number of aryl methyl sites for hydroxylation is 1. The minimum absolute atomic E-state index is 0.191. The molecule has 0 saturated carbocycles. The van der Waals surface area contributed by atoms with Crippen LogP contribution in [0.4, 0.5) is 4.39 Å². The van der Waals surface area contributed by atoms with Crippen molar-refractivity contribution >= 4 is 17.4 Å². The number of carbonyl (C=O) groups excluding carboxylic acids is 1. The molecule has 2 nitrogen and oxygen atoms in total. The maximum absolute atomic E-state index is 13.0. The van der Waals surface area contributed by atoms with Crippen LogP contribution < -0.4 is 0 Å². The van der Waals surface area contributed by atoms with Gasteiger partial charge in [-0.2, -0.15) is 0 Å². The number of Topliss-reactive ketones (excluding diaryl/α,β-unsaturated/α-hetero) is 1. The maximum Gasteiger partial charge on any atom is 0.141 e. The molecule has 1 fully saturated rings. The number of carbonyl (C=O) groups is 1. The molecule has 0 aliphatic carbocycles. The van der Waals surface area contributed by atoms with Gasteiger partial charge in [0, 0.05) is 25.9 Å². The minimum Gasteiger partial charge on any atom is -0.302 e. The SMILES string of the molecule is O=C1CCN(CCCc2ccc(F)c(Cl)c2)CC1. The number of likely N-dealkylation sites (tertiary alicyclic amines) is 1. The van der Waals surface area contributed by atoms with Gasteiger partial charge in [0.25, 0.3) is 0 Å². The number of hydrogen-bond donors (Lipinski definition) is 0. The third-order valence-corrected chi connectivity index (χ3v) is 3.63. The molecule has 0 unspecified atom stereocenters. The highest BCUT2D eigenvalue weighted by molar-refractivity contribution is 6.30. The standard InChI is InChI=1S/C14H17ClFNO/c15-13-10-11(3-4-14(13)16)2-1-7-17-8-5-12(18)6-9-17/h3-4,10H,1-2,5-9H2. The number of piperidine rings is 1. The average molecular weight is 270 g/mol. The van der Waals surface area contributed by atoms with E-state index in [2.05, 4.69) is 4.90 Å². The van der Waals surface area contributed by atoms with E-state index in [-0.39, 0.29) is 10.8 Å². The second-order valence-corrected chi connectivity index (χ2v) is 5.14. The van der Waals surface area contributed by atoms with E-state index in [1.165, 1.54) is 6.07 Å². The molecule has 4 heteroatoms. The van der Waals surface area contributed by atoms with E-state index in [1.54, 1.807) is 12.1 Å². The minimum atomic E-state index is -0.366. The summed E-state index contributed by atoms with van der Waals surface area (Å²) < 4.78 is 13.0. The topological polar surface area (TPSA) is 20.3 Å². The molecule has 1 aromatic rings. The Kier molecular flexibility index (Phi) is 4.72. The monoisotopic (exact) mass is 269 g/mol. The highest BCUT2D eigenvalue weighted by Crippen LogP contribution is 2.17. The van der Waals surface area contributed by atoms with Crippen molar-refractivity contribution in [2.24, 2.45) is 0 Å². The first kappa shape index (κ1) is 13.5. The van der Waals surface area contributed by atoms with Crippen molar-refractivity contribution in [1.82, 2.24) is 4.90 Å². The molecule has 0 bridgehead atoms. The Balaban J connectivity index is 1.74.